The van der Waals surface area contributed by atoms with Gasteiger partial charge in [0.2, 0.25) is 0 Å². The summed E-state index contributed by atoms with van der Waals surface area (Å²) in [6, 6.07) is 23.7. The van der Waals surface area contributed by atoms with Gasteiger partial charge in [-0.1, -0.05) is 54.6 Å². The Morgan fingerprint density at radius 1 is 0.867 bits per heavy atom. The van der Waals surface area contributed by atoms with Gasteiger partial charge in [-0.05, 0) is 49.2 Å². The number of nitrogens with zero attached hydrogens (tertiary/aromatic N) is 1. The zero-order valence-electron chi connectivity index (χ0n) is 17.3. The van der Waals surface area contributed by atoms with Crippen LogP contribution < -0.4 is 14.4 Å². The zero-order valence-corrected chi connectivity index (χ0v) is 17.3. The van der Waals surface area contributed by atoms with Crippen LogP contribution in [0.3, 0.4) is 0 Å². The van der Waals surface area contributed by atoms with Gasteiger partial charge in [-0.2, -0.15) is 0 Å². The standard InChI is InChI=1S/C26H25NO3/c1-3-27-23-13-9-8-12-21(23)22(26(27)28)16-20-14-15-24(25(17-20)29-4-2)30-18-19-10-6-5-7-11-19/h5-17H,3-4,18H2,1-2H3/b22-16-. The fourth-order valence-corrected chi connectivity index (χ4v) is 3.66. The van der Waals surface area contributed by atoms with Gasteiger partial charge in [0.15, 0.2) is 11.5 Å². The third-order valence-corrected chi connectivity index (χ3v) is 5.09. The second-order valence-electron chi connectivity index (χ2n) is 7.04. The highest BCUT2D eigenvalue weighted by Crippen LogP contribution is 2.38. The second-order valence-corrected chi connectivity index (χ2v) is 7.04. The van der Waals surface area contributed by atoms with E-state index in [-0.39, 0.29) is 5.91 Å². The van der Waals surface area contributed by atoms with E-state index in [2.05, 4.69) is 0 Å². The number of para-hydroxylation sites is 1. The van der Waals surface area contributed by atoms with E-state index in [0.29, 0.717) is 36.8 Å². The van der Waals surface area contributed by atoms with E-state index in [1.807, 2.05) is 97.6 Å². The first-order valence-electron chi connectivity index (χ1n) is 10.3. The van der Waals surface area contributed by atoms with Gasteiger partial charge in [0.05, 0.1) is 12.3 Å². The molecule has 3 aromatic carbocycles. The third-order valence-electron chi connectivity index (χ3n) is 5.09. The number of likely N-dealkylation sites (N-methyl/N-ethyl adjacent to an activating group) is 1. The molecule has 0 radical (unpaired) electrons. The summed E-state index contributed by atoms with van der Waals surface area (Å²) in [5, 5.41) is 0. The fourth-order valence-electron chi connectivity index (χ4n) is 3.66. The molecular formula is C26H25NO3. The number of carbonyl (C=O) groups is 1. The molecule has 0 saturated heterocycles. The Bertz CT molecular complexity index is 1070. The number of hydrogen-bond donors (Lipinski definition) is 0. The van der Waals surface area contributed by atoms with Crippen molar-refractivity contribution in [2.75, 3.05) is 18.1 Å². The summed E-state index contributed by atoms with van der Waals surface area (Å²) in [5.74, 6) is 1.39. The highest BCUT2D eigenvalue weighted by molar-refractivity contribution is 6.35. The van der Waals surface area contributed by atoms with Gasteiger partial charge < -0.3 is 14.4 Å². The van der Waals surface area contributed by atoms with Crippen molar-refractivity contribution in [3.05, 3.63) is 89.5 Å². The average molecular weight is 399 g/mol. The summed E-state index contributed by atoms with van der Waals surface area (Å²) in [4.78, 5) is 14.7. The van der Waals surface area contributed by atoms with Crippen LogP contribution in [0.5, 0.6) is 11.5 Å². The SMILES string of the molecule is CCOc1cc(/C=C2\C(=O)N(CC)c3ccccc32)ccc1OCc1ccccc1. The predicted octanol–water partition coefficient (Wildman–Crippen LogP) is 5.57. The van der Waals surface area contributed by atoms with E-state index in [4.69, 9.17) is 9.47 Å². The fraction of sp³-hybridized carbons (Fsp3) is 0.192. The van der Waals surface area contributed by atoms with Gasteiger partial charge in [0.25, 0.3) is 5.91 Å². The van der Waals surface area contributed by atoms with Crippen LogP contribution in [0.15, 0.2) is 72.8 Å². The molecule has 3 aromatic rings. The van der Waals surface area contributed by atoms with Gasteiger partial charge in [-0.25, -0.2) is 0 Å². The van der Waals surface area contributed by atoms with Crippen LogP contribution in [-0.2, 0) is 11.4 Å². The van der Waals surface area contributed by atoms with E-state index >= 15 is 0 Å². The highest BCUT2D eigenvalue weighted by atomic mass is 16.5. The van der Waals surface area contributed by atoms with Crippen molar-refractivity contribution in [1.29, 1.82) is 0 Å². The molecule has 0 N–H and O–H groups in total. The molecule has 0 atom stereocenters. The van der Waals surface area contributed by atoms with E-state index in [1.165, 1.54) is 0 Å². The van der Waals surface area contributed by atoms with Crippen LogP contribution in [0.25, 0.3) is 11.6 Å². The minimum Gasteiger partial charge on any atom is -0.490 e. The molecule has 152 valence electrons. The zero-order chi connectivity index (χ0) is 20.9. The summed E-state index contributed by atoms with van der Waals surface area (Å²) in [6.07, 6.45) is 1.93. The van der Waals surface area contributed by atoms with Crippen LogP contribution in [0.2, 0.25) is 0 Å². The Morgan fingerprint density at radius 3 is 2.40 bits per heavy atom. The maximum atomic E-state index is 12.9. The van der Waals surface area contributed by atoms with Crippen molar-refractivity contribution in [3.63, 3.8) is 0 Å². The first kappa shape index (κ1) is 19.8. The topological polar surface area (TPSA) is 38.8 Å². The van der Waals surface area contributed by atoms with Crippen LogP contribution in [0.4, 0.5) is 5.69 Å². The summed E-state index contributed by atoms with van der Waals surface area (Å²) in [7, 11) is 0. The molecule has 30 heavy (non-hydrogen) atoms. The molecule has 0 fully saturated rings. The second kappa shape index (κ2) is 8.87. The molecule has 1 heterocycles. The number of rotatable bonds is 7. The van der Waals surface area contributed by atoms with Gasteiger partial charge in [0, 0.05) is 17.7 Å². The molecule has 4 heteroatoms. The lowest BCUT2D eigenvalue weighted by molar-refractivity contribution is -0.112. The van der Waals surface area contributed by atoms with Crippen molar-refractivity contribution in [1.82, 2.24) is 0 Å². The van der Waals surface area contributed by atoms with Crippen LogP contribution in [0, 0.1) is 0 Å². The Balaban J connectivity index is 1.63. The monoisotopic (exact) mass is 399 g/mol. The van der Waals surface area contributed by atoms with Crippen molar-refractivity contribution in [2.45, 2.75) is 20.5 Å². The van der Waals surface area contributed by atoms with Crippen LogP contribution in [-0.4, -0.2) is 19.1 Å². The molecule has 1 aliphatic rings. The van der Waals surface area contributed by atoms with E-state index in [0.717, 1.165) is 22.4 Å². The van der Waals surface area contributed by atoms with Crippen molar-refractivity contribution in [2.24, 2.45) is 0 Å². The molecule has 0 bridgehead atoms. The lowest BCUT2D eigenvalue weighted by Crippen LogP contribution is -2.25. The number of benzene rings is 3. The lowest BCUT2D eigenvalue weighted by Gasteiger charge is -2.13. The summed E-state index contributed by atoms with van der Waals surface area (Å²) in [5.41, 5.74) is 4.63. The minimum absolute atomic E-state index is 0.0288. The van der Waals surface area contributed by atoms with Crippen LogP contribution >= 0.6 is 0 Å². The van der Waals surface area contributed by atoms with Crippen molar-refractivity contribution >= 4 is 23.2 Å². The number of ether oxygens (including phenoxy) is 2. The number of amides is 1. The Labute approximate surface area is 177 Å². The Morgan fingerprint density at radius 2 is 1.63 bits per heavy atom. The highest BCUT2D eigenvalue weighted by Gasteiger charge is 2.30. The molecule has 1 aliphatic heterocycles. The van der Waals surface area contributed by atoms with E-state index < -0.39 is 0 Å². The minimum atomic E-state index is 0.0288. The van der Waals surface area contributed by atoms with Crippen molar-refractivity contribution < 1.29 is 14.3 Å². The van der Waals surface area contributed by atoms with Gasteiger partial charge in [-0.3, -0.25) is 4.79 Å². The summed E-state index contributed by atoms with van der Waals surface area (Å²) in [6.45, 7) is 5.58. The van der Waals surface area contributed by atoms with Gasteiger partial charge in [0.1, 0.15) is 6.61 Å². The largest absolute Gasteiger partial charge is 0.490 e. The number of anilines is 1. The molecule has 0 aliphatic carbocycles. The van der Waals surface area contributed by atoms with Crippen LogP contribution in [0.1, 0.15) is 30.5 Å². The first-order valence-corrected chi connectivity index (χ1v) is 10.3. The molecule has 0 unspecified atom stereocenters. The van der Waals surface area contributed by atoms with Gasteiger partial charge in [-0.15, -0.1) is 0 Å². The maximum absolute atomic E-state index is 12.9. The number of fused-ring (bicyclic) bond motifs is 1. The maximum Gasteiger partial charge on any atom is 0.258 e. The summed E-state index contributed by atoms with van der Waals surface area (Å²) >= 11 is 0. The molecule has 0 spiro atoms. The molecule has 0 aromatic heterocycles. The Hall–Kier alpha value is -3.53. The quantitative estimate of drug-likeness (QED) is 0.488. The molecule has 1 amide bonds. The van der Waals surface area contributed by atoms with Crippen molar-refractivity contribution in [3.8, 4) is 11.5 Å². The molecular weight excluding hydrogens is 374 g/mol. The summed E-state index contributed by atoms with van der Waals surface area (Å²) < 4.78 is 11.8. The Kier molecular flexibility index (Phi) is 5.84. The molecule has 4 nitrogen and oxygen atoms in total. The van der Waals surface area contributed by atoms with E-state index in [1.54, 1.807) is 0 Å². The molecule has 4 rings (SSSR count). The lowest BCUT2D eigenvalue weighted by atomic mass is 10.0. The predicted molar refractivity (Wildman–Crippen MR) is 121 cm³/mol. The average Bonchev–Trinajstić information content (AvgIpc) is 3.05. The number of hydrogen-bond acceptors (Lipinski definition) is 3. The smallest absolute Gasteiger partial charge is 0.258 e. The molecule has 0 saturated carbocycles. The normalized spacial score (nSPS) is 14.1. The number of carbonyl (C=O) groups excluding carboxylic acids is 1. The van der Waals surface area contributed by atoms with Gasteiger partial charge >= 0.3 is 0 Å². The third kappa shape index (κ3) is 3.94. The van der Waals surface area contributed by atoms with E-state index in [9.17, 15) is 4.79 Å². The first-order chi connectivity index (χ1) is 14.7.